The standard InChI is InChI=1S/C21H24F3N3S.CH3I/c1-25-11-13-26(14-12-25)9-4-10-27-17-5-2-3-6-19(17)28-20-8-7-16(15-18(20)27)21(22,23)24;1-2/h2-3,5-8,15H,4,9-14H2,1H3;1H3. The van der Waals surface area contributed by atoms with E-state index in [0.29, 0.717) is 12.2 Å². The minimum Gasteiger partial charge on any atom is -0.340 e. The van der Waals surface area contributed by atoms with Crippen molar-refractivity contribution in [3.05, 3.63) is 48.0 Å². The van der Waals surface area contributed by atoms with Crippen molar-refractivity contribution < 1.29 is 13.2 Å². The fourth-order valence-corrected chi connectivity index (χ4v) is 4.85. The molecule has 0 amide bonds. The molecule has 0 radical (unpaired) electrons. The molecule has 0 atom stereocenters. The topological polar surface area (TPSA) is 9.72 Å². The van der Waals surface area contributed by atoms with Gasteiger partial charge in [-0.1, -0.05) is 46.5 Å². The second-order valence-electron chi connectivity index (χ2n) is 7.40. The van der Waals surface area contributed by atoms with Crippen molar-refractivity contribution in [3.8, 4) is 0 Å². The maximum atomic E-state index is 13.3. The molecule has 0 aromatic heterocycles. The fraction of sp³-hybridized carbons (Fsp3) is 0.455. The van der Waals surface area contributed by atoms with E-state index in [1.54, 1.807) is 17.8 Å². The molecule has 1 fully saturated rings. The van der Waals surface area contributed by atoms with Crippen LogP contribution in [0.4, 0.5) is 24.5 Å². The van der Waals surface area contributed by atoms with Crippen LogP contribution in [-0.2, 0) is 6.18 Å². The molecular weight excluding hydrogens is 522 g/mol. The number of nitrogens with zero attached hydrogens (tertiary/aromatic N) is 3. The summed E-state index contributed by atoms with van der Waals surface area (Å²) in [5.74, 6) is 0. The third kappa shape index (κ3) is 5.63. The van der Waals surface area contributed by atoms with Gasteiger partial charge in [0.15, 0.2) is 0 Å². The lowest BCUT2D eigenvalue weighted by Gasteiger charge is -2.35. The van der Waals surface area contributed by atoms with E-state index >= 15 is 0 Å². The predicted octanol–water partition coefficient (Wildman–Crippen LogP) is 6.00. The summed E-state index contributed by atoms with van der Waals surface area (Å²) in [5, 5.41) is 0. The van der Waals surface area contributed by atoms with E-state index in [9.17, 15) is 13.2 Å². The van der Waals surface area contributed by atoms with Crippen molar-refractivity contribution in [2.45, 2.75) is 22.4 Å². The lowest BCUT2D eigenvalue weighted by atomic mass is 10.1. The highest BCUT2D eigenvalue weighted by molar-refractivity contribution is 14.1. The summed E-state index contributed by atoms with van der Waals surface area (Å²) in [4.78, 5) is 10.8. The van der Waals surface area contributed by atoms with Crippen LogP contribution in [0.15, 0.2) is 52.3 Å². The van der Waals surface area contributed by atoms with Gasteiger partial charge in [-0.3, -0.25) is 0 Å². The van der Waals surface area contributed by atoms with Crippen molar-refractivity contribution in [1.29, 1.82) is 0 Å². The van der Waals surface area contributed by atoms with Gasteiger partial charge in [0.2, 0.25) is 0 Å². The van der Waals surface area contributed by atoms with Crippen LogP contribution in [0, 0.1) is 0 Å². The summed E-state index contributed by atoms with van der Waals surface area (Å²) in [6.45, 7) is 5.92. The molecule has 2 aliphatic heterocycles. The van der Waals surface area contributed by atoms with Gasteiger partial charge >= 0.3 is 6.18 Å². The Labute approximate surface area is 194 Å². The first-order chi connectivity index (χ1) is 14.4. The van der Waals surface area contributed by atoms with Gasteiger partial charge in [-0.15, -0.1) is 0 Å². The number of piperazine rings is 1. The number of benzene rings is 2. The first-order valence-corrected chi connectivity index (χ1v) is 12.9. The molecule has 30 heavy (non-hydrogen) atoms. The number of alkyl halides is 4. The zero-order chi connectivity index (χ0) is 21.7. The van der Waals surface area contributed by atoms with E-state index in [4.69, 9.17) is 0 Å². The van der Waals surface area contributed by atoms with Crippen LogP contribution in [0.3, 0.4) is 0 Å². The molecule has 164 valence electrons. The normalized spacial score (nSPS) is 17.1. The number of fused-ring (bicyclic) bond motifs is 2. The Hall–Kier alpha value is -0.970. The first-order valence-electron chi connectivity index (χ1n) is 9.96. The molecule has 0 aliphatic carbocycles. The largest absolute Gasteiger partial charge is 0.416 e. The molecule has 2 aliphatic rings. The molecule has 2 aromatic rings. The molecular formula is C22H27F3IN3S. The molecule has 0 spiro atoms. The predicted molar refractivity (Wildman–Crippen MR) is 128 cm³/mol. The highest BCUT2D eigenvalue weighted by Gasteiger charge is 2.33. The molecule has 2 heterocycles. The van der Waals surface area contributed by atoms with Crippen molar-refractivity contribution in [2.24, 2.45) is 0 Å². The van der Waals surface area contributed by atoms with Crippen LogP contribution in [-0.4, -0.2) is 61.0 Å². The number of hydrogen-bond acceptors (Lipinski definition) is 4. The van der Waals surface area contributed by atoms with E-state index in [0.717, 1.165) is 54.6 Å². The summed E-state index contributed by atoms with van der Waals surface area (Å²) in [6, 6.07) is 12.0. The molecule has 0 unspecified atom stereocenters. The Morgan fingerprint density at radius 2 is 1.57 bits per heavy atom. The number of hydrogen-bond donors (Lipinski definition) is 0. The van der Waals surface area contributed by atoms with Crippen molar-refractivity contribution in [3.63, 3.8) is 0 Å². The van der Waals surface area contributed by atoms with Crippen molar-refractivity contribution in [1.82, 2.24) is 9.80 Å². The Bertz CT molecular complexity index is 839. The number of likely N-dealkylation sites (N-methyl/N-ethyl adjacent to an activating group) is 1. The molecule has 2 aromatic carbocycles. The minimum atomic E-state index is -4.33. The van der Waals surface area contributed by atoms with Crippen LogP contribution in [0.2, 0.25) is 0 Å². The van der Waals surface area contributed by atoms with E-state index in [2.05, 4.69) is 44.3 Å². The van der Waals surface area contributed by atoms with E-state index in [1.807, 2.05) is 29.2 Å². The quantitative estimate of drug-likeness (QED) is 0.342. The molecule has 3 nitrogen and oxygen atoms in total. The van der Waals surface area contributed by atoms with E-state index < -0.39 is 11.7 Å². The zero-order valence-electron chi connectivity index (χ0n) is 17.3. The van der Waals surface area contributed by atoms with Crippen LogP contribution in [0.1, 0.15) is 12.0 Å². The number of para-hydroxylation sites is 1. The second kappa shape index (κ2) is 10.6. The van der Waals surface area contributed by atoms with Gasteiger partial charge in [-0.05, 0) is 55.3 Å². The Kier molecular flexibility index (Phi) is 8.34. The molecule has 8 heteroatoms. The molecule has 0 N–H and O–H groups in total. The fourth-order valence-electron chi connectivity index (χ4n) is 3.77. The van der Waals surface area contributed by atoms with Gasteiger partial charge in [-0.2, -0.15) is 13.2 Å². The summed E-state index contributed by atoms with van der Waals surface area (Å²) < 4.78 is 39.8. The molecule has 0 saturated carbocycles. The third-order valence-corrected chi connectivity index (χ3v) is 6.54. The Morgan fingerprint density at radius 1 is 0.900 bits per heavy atom. The SMILES string of the molecule is CI.CN1CCN(CCCN2c3ccccc3Sc3ccc(C(F)(F)F)cc32)CC1. The summed E-state index contributed by atoms with van der Waals surface area (Å²) in [5.41, 5.74) is 1.07. The maximum Gasteiger partial charge on any atom is 0.416 e. The number of halogens is 4. The summed E-state index contributed by atoms with van der Waals surface area (Å²) in [6.07, 6.45) is -3.42. The Balaban J connectivity index is 0.00000124. The van der Waals surface area contributed by atoms with Gasteiger partial charge in [0.25, 0.3) is 0 Å². The smallest absolute Gasteiger partial charge is 0.340 e. The Morgan fingerprint density at radius 3 is 2.27 bits per heavy atom. The lowest BCUT2D eigenvalue weighted by Crippen LogP contribution is -2.45. The molecule has 0 bridgehead atoms. The first kappa shape index (κ1) is 23.7. The second-order valence-corrected chi connectivity index (χ2v) is 8.48. The number of anilines is 2. The van der Waals surface area contributed by atoms with Crippen molar-refractivity contribution in [2.75, 3.05) is 56.1 Å². The molecule has 4 rings (SSSR count). The highest BCUT2D eigenvalue weighted by Crippen LogP contribution is 2.49. The zero-order valence-corrected chi connectivity index (χ0v) is 20.2. The van der Waals surface area contributed by atoms with Crippen LogP contribution in [0.25, 0.3) is 0 Å². The third-order valence-electron chi connectivity index (χ3n) is 5.40. The van der Waals surface area contributed by atoms with Crippen LogP contribution >= 0.6 is 34.4 Å². The van der Waals surface area contributed by atoms with Gasteiger partial charge in [0.1, 0.15) is 0 Å². The number of rotatable bonds is 4. The summed E-state index contributed by atoms with van der Waals surface area (Å²) >= 11 is 3.69. The van der Waals surface area contributed by atoms with Gasteiger partial charge in [-0.25, -0.2) is 0 Å². The van der Waals surface area contributed by atoms with Crippen molar-refractivity contribution >= 4 is 45.7 Å². The molecule has 1 saturated heterocycles. The monoisotopic (exact) mass is 549 g/mol. The van der Waals surface area contributed by atoms with E-state index in [-0.39, 0.29) is 0 Å². The summed E-state index contributed by atoms with van der Waals surface area (Å²) in [7, 11) is 2.13. The van der Waals surface area contributed by atoms with Gasteiger partial charge in [0.05, 0.1) is 16.9 Å². The maximum absolute atomic E-state index is 13.3. The lowest BCUT2D eigenvalue weighted by molar-refractivity contribution is -0.137. The van der Waals surface area contributed by atoms with Crippen LogP contribution < -0.4 is 4.90 Å². The average Bonchev–Trinajstić information content (AvgIpc) is 2.75. The average molecular weight is 549 g/mol. The van der Waals surface area contributed by atoms with Gasteiger partial charge < -0.3 is 14.7 Å². The van der Waals surface area contributed by atoms with Crippen LogP contribution in [0.5, 0.6) is 0 Å². The van der Waals surface area contributed by atoms with E-state index in [1.165, 1.54) is 12.1 Å². The highest BCUT2D eigenvalue weighted by atomic mass is 127. The minimum absolute atomic E-state index is 0.588. The van der Waals surface area contributed by atoms with Gasteiger partial charge in [0, 0.05) is 42.5 Å².